The van der Waals surface area contributed by atoms with Crippen molar-refractivity contribution in [2.75, 3.05) is 12.8 Å². The molecule has 5 heteroatoms. The minimum atomic E-state index is 0.410. The van der Waals surface area contributed by atoms with E-state index in [1.165, 1.54) is 0 Å². The van der Waals surface area contributed by atoms with Crippen molar-refractivity contribution >= 4 is 16.7 Å². The number of aromatic nitrogens is 2. The summed E-state index contributed by atoms with van der Waals surface area (Å²) in [7, 11) is 1.61. The Morgan fingerprint density at radius 3 is 2.75 bits per heavy atom. The summed E-state index contributed by atoms with van der Waals surface area (Å²) in [6.07, 6.45) is 0. The predicted molar refractivity (Wildman–Crippen MR) is 78.3 cm³/mol. The van der Waals surface area contributed by atoms with Gasteiger partial charge in [0.1, 0.15) is 0 Å². The molecule has 5 nitrogen and oxygen atoms in total. The van der Waals surface area contributed by atoms with E-state index in [2.05, 4.69) is 9.97 Å². The molecule has 3 N–H and O–H groups in total. The highest BCUT2D eigenvalue weighted by Crippen LogP contribution is 2.31. The second kappa shape index (κ2) is 4.77. The minimum Gasteiger partial charge on any atom is -0.493 e. The highest BCUT2D eigenvalue weighted by molar-refractivity contribution is 5.79. The lowest BCUT2D eigenvalue weighted by Gasteiger charge is -2.08. The number of imidazole rings is 1. The average Bonchev–Trinajstić information content (AvgIpc) is 2.82. The van der Waals surface area contributed by atoms with Crippen LogP contribution in [-0.4, -0.2) is 17.1 Å². The molecule has 0 aliphatic heterocycles. The monoisotopic (exact) mass is 269 g/mol. The molecule has 0 saturated carbocycles. The molecule has 0 saturated heterocycles. The molecule has 0 spiro atoms. The summed E-state index contributed by atoms with van der Waals surface area (Å²) in [6, 6.07) is 11.6. The first-order chi connectivity index (χ1) is 9.65. The molecule has 0 amide bonds. The number of nitrogens with one attached hydrogen (secondary N) is 1. The van der Waals surface area contributed by atoms with Gasteiger partial charge in [0, 0.05) is 5.69 Å². The third-order valence-electron chi connectivity index (χ3n) is 3.01. The molecule has 0 radical (unpaired) electrons. The van der Waals surface area contributed by atoms with Gasteiger partial charge in [0.2, 0.25) is 0 Å². The summed E-state index contributed by atoms with van der Waals surface area (Å²) >= 11 is 0. The SMILES string of the molecule is COc1cc(C)ccc1Oc1nc2ccc(N)cc2[nH]1. The van der Waals surface area contributed by atoms with Crippen LogP contribution in [0, 0.1) is 6.92 Å². The molecular weight excluding hydrogens is 254 g/mol. The van der Waals surface area contributed by atoms with Crippen molar-refractivity contribution in [3.05, 3.63) is 42.0 Å². The van der Waals surface area contributed by atoms with Crippen LogP contribution in [0.25, 0.3) is 11.0 Å². The van der Waals surface area contributed by atoms with Gasteiger partial charge < -0.3 is 20.2 Å². The van der Waals surface area contributed by atoms with Crippen molar-refractivity contribution in [1.82, 2.24) is 9.97 Å². The number of hydrogen-bond acceptors (Lipinski definition) is 4. The number of aromatic amines is 1. The number of fused-ring (bicyclic) bond motifs is 1. The first-order valence-electron chi connectivity index (χ1n) is 6.23. The van der Waals surface area contributed by atoms with Crippen LogP contribution < -0.4 is 15.2 Å². The Morgan fingerprint density at radius 1 is 1.10 bits per heavy atom. The molecule has 0 unspecified atom stereocenters. The molecule has 2 aromatic carbocycles. The number of anilines is 1. The second-order valence-corrected chi connectivity index (χ2v) is 4.57. The molecular formula is C15H15N3O2. The minimum absolute atomic E-state index is 0.410. The molecule has 3 rings (SSSR count). The van der Waals surface area contributed by atoms with Crippen molar-refractivity contribution in [2.45, 2.75) is 6.92 Å². The molecule has 0 aliphatic rings. The van der Waals surface area contributed by atoms with Gasteiger partial charge in [-0.3, -0.25) is 0 Å². The van der Waals surface area contributed by atoms with E-state index in [1.807, 2.05) is 37.3 Å². The lowest BCUT2D eigenvalue weighted by Crippen LogP contribution is -1.92. The predicted octanol–water partition coefficient (Wildman–Crippen LogP) is 3.25. The second-order valence-electron chi connectivity index (χ2n) is 4.57. The number of nitrogens with two attached hydrogens (primary N) is 1. The van der Waals surface area contributed by atoms with Gasteiger partial charge in [-0.1, -0.05) is 6.07 Å². The molecule has 1 aromatic heterocycles. The van der Waals surface area contributed by atoms with Crippen LogP contribution in [0.5, 0.6) is 17.5 Å². The van der Waals surface area contributed by atoms with E-state index in [-0.39, 0.29) is 0 Å². The number of ether oxygens (including phenoxy) is 2. The molecule has 102 valence electrons. The highest BCUT2D eigenvalue weighted by atomic mass is 16.5. The Morgan fingerprint density at radius 2 is 1.95 bits per heavy atom. The molecule has 1 heterocycles. The Hall–Kier alpha value is -2.69. The van der Waals surface area contributed by atoms with Gasteiger partial charge in [-0.05, 0) is 42.8 Å². The van der Waals surface area contributed by atoms with Crippen molar-refractivity contribution in [2.24, 2.45) is 0 Å². The number of rotatable bonds is 3. The third-order valence-corrected chi connectivity index (χ3v) is 3.01. The van der Waals surface area contributed by atoms with E-state index in [1.54, 1.807) is 13.2 Å². The standard InChI is InChI=1S/C15H15N3O2/c1-9-3-6-13(14(7-9)19-2)20-15-17-11-5-4-10(16)8-12(11)18-15/h3-8H,16H2,1-2H3,(H,17,18). The first kappa shape index (κ1) is 12.3. The van der Waals surface area contributed by atoms with Gasteiger partial charge in [-0.25, -0.2) is 0 Å². The van der Waals surface area contributed by atoms with Gasteiger partial charge in [0.25, 0.3) is 6.01 Å². The fourth-order valence-corrected chi connectivity index (χ4v) is 2.02. The molecule has 3 aromatic rings. The van der Waals surface area contributed by atoms with Crippen LogP contribution in [0.15, 0.2) is 36.4 Å². The van der Waals surface area contributed by atoms with Gasteiger partial charge in [0.15, 0.2) is 11.5 Å². The van der Waals surface area contributed by atoms with Gasteiger partial charge in [-0.2, -0.15) is 4.98 Å². The summed E-state index contributed by atoms with van der Waals surface area (Å²) in [6.45, 7) is 2.00. The number of aryl methyl sites for hydroxylation is 1. The molecule has 0 atom stereocenters. The smallest absolute Gasteiger partial charge is 0.300 e. The maximum absolute atomic E-state index is 5.75. The third kappa shape index (κ3) is 2.25. The topological polar surface area (TPSA) is 73.2 Å². The van der Waals surface area contributed by atoms with Crippen molar-refractivity contribution in [3.63, 3.8) is 0 Å². The van der Waals surface area contributed by atoms with Crippen LogP contribution in [0.3, 0.4) is 0 Å². The van der Waals surface area contributed by atoms with Crippen LogP contribution >= 0.6 is 0 Å². The van der Waals surface area contributed by atoms with E-state index in [4.69, 9.17) is 15.2 Å². The number of nitrogen functional groups attached to an aromatic ring is 1. The summed E-state index contributed by atoms with van der Waals surface area (Å²) in [5, 5.41) is 0. The zero-order valence-corrected chi connectivity index (χ0v) is 11.3. The quantitative estimate of drug-likeness (QED) is 0.716. The number of nitrogens with zero attached hydrogens (tertiary/aromatic N) is 1. The van der Waals surface area contributed by atoms with Crippen LogP contribution in [-0.2, 0) is 0 Å². The van der Waals surface area contributed by atoms with Crippen molar-refractivity contribution in [3.8, 4) is 17.5 Å². The van der Waals surface area contributed by atoms with E-state index < -0.39 is 0 Å². The number of hydrogen-bond donors (Lipinski definition) is 2. The van der Waals surface area contributed by atoms with Gasteiger partial charge >= 0.3 is 0 Å². The fraction of sp³-hybridized carbons (Fsp3) is 0.133. The van der Waals surface area contributed by atoms with Crippen molar-refractivity contribution < 1.29 is 9.47 Å². The van der Waals surface area contributed by atoms with Crippen LogP contribution in [0.2, 0.25) is 0 Å². The Balaban J connectivity index is 1.96. The normalized spacial score (nSPS) is 10.7. The largest absolute Gasteiger partial charge is 0.493 e. The van der Waals surface area contributed by atoms with E-state index in [0.717, 1.165) is 16.6 Å². The lowest BCUT2D eigenvalue weighted by molar-refractivity contribution is 0.370. The summed E-state index contributed by atoms with van der Waals surface area (Å²) in [5.41, 5.74) is 9.17. The zero-order chi connectivity index (χ0) is 14.1. The lowest BCUT2D eigenvalue weighted by atomic mass is 10.2. The Kier molecular flexibility index (Phi) is 2.95. The molecule has 20 heavy (non-hydrogen) atoms. The van der Waals surface area contributed by atoms with Gasteiger partial charge in [-0.15, -0.1) is 0 Å². The van der Waals surface area contributed by atoms with Crippen LogP contribution in [0.1, 0.15) is 5.56 Å². The number of methoxy groups -OCH3 is 1. The molecule has 0 fully saturated rings. The van der Waals surface area contributed by atoms with E-state index in [9.17, 15) is 0 Å². The highest BCUT2D eigenvalue weighted by Gasteiger charge is 2.09. The zero-order valence-electron chi connectivity index (χ0n) is 11.3. The van der Waals surface area contributed by atoms with Crippen molar-refractivity contribution in [1.29, 1.82) is 0 Å². The summed E-state index contributed by atoms with van der Waals surface area (Å²) < 4.78 is 11.1. The summed E-state index contributed by atoms with van der Waals surface area (Å²) in [5.74, 6) is 1.29. The Bertz CT molecular complexity index is 765. The fourth-order valence-electron chi connectivity index (χ4n) is 2.02. The van der Waals surface area contributed by atoms with E-state index in [0.29, 0.717) is 23.2 Å². The molecule has 0 bridgehead atoms. The van der Waals surface area contributed by atoms with E-state index >= 15 is 0 Å². The maximum Gasteiger partial charge on any atom is 0.300 e. The average molecular weight is 269 g/mol. The number of benzene rings is 2. The Labute approximate surface area is 116 Å². The summed E-state index contributed by atoms with van der Waals surface area (Å²) in [4.78, 5) is 7.44. The molecule has 0 aliphatic carbocycles. The van der Waals surface area contributed by atoms with Crippen LogP contribution in [0.4, 0.5) is 5.69 Å². The maximum atomic E-state index is 5.75. The number of H-pyrrole nitrogens is 1. The van der Waals surface area contributed by atoms with Gasteiger partial charge in [0.05, 0.1) is 18.1 Å². The first-order valence-corrected chi connectivity index (χ1v) is 6.23.